The van der Waals surface area contributed by atoms with E-state index in [-0.39, 0.29) is 18.2 Å². The molecular formula is C16H19N5O2. The monoisotopic (exact) mass is 313 g/mol. The van der Waals surface area contributed by atoms with Crippen LogP contribution in [0, 0.1) is 0 Å². The Morgan fingerprint density at radius 3 is 2.91 bits per heavy atom. The molecule has 2 N–H and O–H groups in total. The van der Waals surface area contributed by atoms with E-state index in [1.54, 1.807) is 0 Å². The lowest BCUT2D eigenvalue weighted by Crippen LogP contribution is -2.39. The lowest BCUT2D eigenvalue weighted by atomic mass is 10.1. The van der Waals surface area contributed by atoms with Crippen LogP contribution in [0.15, 0.2) is 30.3 Å². The predicted octanol–water partition coefficient (Wildman–Crippen LogP) is 1.08. The molecule has 2 aromatic rings. The lowest BCUT2D eigenvalue weighted by Gasteiger charge is -2.22. The van der Waals surface area contributed by atoms with Gasteiger partial charge in [0.15, 0.2) is 5.82 Å². The minimum Gasteiger partial charge on any atom is -0.354 e. The van der Waals surface area contributed by atoms with Gasteiger partial charge in [-0.3, -0.25) is 14.9 Å². The van der Waals surface area contributed by atoms with Crippen molar-refractivity contribution in [2.45, 2.75) is 32.2 Å². The van der Waals surface area contributed by atoms with E-state index in [0.717, 1.165) is 12.0 Å². The number of nitrogens with zero attached hydrogens (tertiary/aromatic N) is 3. The first-order valence-corrected chi connectivity index (χ1v) is 7.74. The number of hydrogen-bond donors (Lipinski definition) is 2. The molecule has 23 heavy (non-hydrogen) atoms. The standard InChI is InChI=1S/C16H19N5O2/c1-2-13-18-16-19-14(22)10-12(21(16)20-13)15(23)17-9-8-11-6-4-3-5-7-11/h3-7,12H,2,8-10H2,1H3,(H,17,23)(H,18,19,20,22). The van der Waals surface area contributed by atoms with Crippen LogP contribution >= 0.6 is 0 Å². The van der Waals surface area contributed by atoms with Gasteiger partial charge in [0.1, 0.15) is 6.04 Å². The molecule has 3 rings (SSSR count). The Morgan fingerprint density at radius 1 is 1.39 bits per heavy atom. The second-order valence-electron chi connectivity index (χ2n) is 5.44. The number of aryl methyl sites for hydroxylation is 1. The second-order valence-corrected chi connectivity index (χ2v) is 5.44. The van der Waals surface area contributed by atoms with Gasteiger partial charge in [-0.15, -0.1) is 0 Å². The van der Waals surface area contributed by atoms with Crippen molar-refractivity contribution in [3.05, 3.63) is 41.7 Å². The molecule has 0 fully saturated rings. The summed E-state index contributed by atoms with van der Waals surface area (Å²) in [7, 11) is 0. The average Bonchev–Trinajstić information content (AvgIpc) is 2.97. The molecule has 0 spiro atoms. The van der Waals surface area contributed by atoms with Gasteiger partial charge in [0.25, 0.3) is 0 Å². The topological polar surface area (TPSA) is 88.9 Å². The Balaban J connectivity index is 1.65. The average molecular weight is 313 g/mol. The molecule has 7 heteroatoms. The van der Waals surface area contributed by atoms with Crippen LogP contribution in [0.25, 0.3) is 0 Å². The molecule has 2 amide bonds. The van der Waals surface area contributed by atoms with Crippen molar-refractivity contribution in [1.82, 2.24) is 20.1 Å². The Morgan fingerprint density at radius 2 is 2.17 bits per heavy atom. The summed E-state index contributed by atoms with van der Waals surface area (Å²) in [5, 5.41) is 9.84. The normalized spacial score (nSPS) is 16.6. The van der Waals surface area contributed by atoms with Crippen molar-refractivity contribution < 1.29 is 9.59 Å². The maximum Gasteiger partial charge on any atom is 0.245 e. The number of nitrogens with one attached hydrogen (secondary N) is 2. The fraction of sp³-hybridized carbons (Fsp3) is 0.375. The van der Waals surface area contributed by atoms with Crippen molar-refractivity contribution in [2.75, 3.05) is 11.9 Å². The minimum atomic E-state index is -0.637. The van der Waals surface area contributed by atoms with Crippen molar-refractivity contribution in [1.29, 1.82) is 0 Å². The molecule has 0 aliphatic carbocycles. The molecule has 0 radical (unpaired) electrons. The third-order valence-electron chi connectivity index (χ3n) is 3.77. The Hall–Kier alpha value is -2.70. The molecule has 2 heterocycles. The van der Waals surface area contributed by atoms with E-state index >= 15 is 0 Å². The summed E-state index contributed by atoms with van der Waals surface area (Å²) in [6.45, 7) is 2.45. The zero-order valence-corrected chi connectivity index (χ0v) is 13.0. The highest BCUT2D eigenvalue weighted by atomic mass is 16.2. The van der Waals surface area contributed by atoms with E-state index in [2.05, 4.69) is 20.7 Å². The second kappa shape index (κ2) is 6.60. The van der Waals surface area contributed by atoms with Gasteiger partial charge in [-0.2, -0.15) is 10.1 Å². The summed E-state index contributed by atoms with van der Waals surface area (Å²) in [4.78, 5) is 28.4. The Kier molecular flexibility index (Phi) is 4.36. The third-order valence-corrected chi connectivity index (χ3v) is 3.77. The van der Waals surface area contributed by atoms with E-state index in [0.29, 0.717) is 24.7 Å². The van der Waals surface area contributed by atoms with Crippen LogP contribution in [-0.4, -0.2) is 33.1 Å². The summed E-state index contributed by atoms with van der Waals surface area (Å²) >= 11 is 0. The maximum atomic E-state index is 12.4. The zero-order chi connectivity index (χ0) is 16.2. The number of rotatable bonds is 5. The SMILES string of the molecule is CCc1nc2n(n1)C(C(=O)NCCc1ccccc1)CC(=O)N2. The van der Waals surface area contributed by atoms with Gasteiger partial charge in [0.2, 0.25) is 17.8 Å². The largest absolute Gasteiger partial charge is 0.354 e. The van der Waals surface area contributed by atoms with Gasteiger partial charge >= 0.3 is 0 Å². The van der Waals surface area contributed by atoms with Crippen LogP contribution in [-0.2, 0) is 22.4 Å². The Labute approximate surface area is 134 Å². The van der Waals surface area contributed by atoms with Crippen LogP contribution in [0.3, 0.4) is 0 Å². The van der Waals surface area contributed by atoms with Crippen LogP contribution in [0.2, 0.25) is 0 Å². The first-order valence-electron chi connectivity index (χ1n) is 7.74. The number of amides is 2. The fourth-order valence-corrected chi connectivity index (χ4v) is 2.55. The molecule has 1 aliphatic heterocycles. The summed E-state index contributed by atoms with van der Waals surface area (Å²) in [6, 6.07) is 9.29. The lowest BCUT2D eigenvalue weighted by molar-refractivity contribution is -0.128. The Bertz CT molecular complexity index is 711. The van der Waals surface area contributed by atoms with Crippen LogP contribution in [0.4, 0.5) is 5.95 Å². The smallest absolute Gasteiger partial charge is 0.245 e. The van der Waals surface area contributed by atoms with Gasteiger partial charge in [0, 0.05) is 13.0 Å². The number of aromatic nitrogens is 3. The fourth-order valence-electron chi connectivity index (χ4n) is 2.55. The van der Waals surface area contributed by atoms with E-state index < -0.39 is 6.04 Å². The summed E-state index contributed by atoms with van der Waals surface area (Å²) in [6.07, 6.45) is 1.48. The summed E-state index contributed by atoms with van der Waals surface area (Å²) in [5.41, 5.74) is 1.16. The van der Waals surface area contributed by atoms with Crippen molar-refractivity contribution >= 4 is 17.8 Å². The highest BCUT2D eigenvalue weighted by Gasteiger charge is 2.32. The summed E-state index contributed by atoms with van der Waals surface area (Å²) < 4.78 is 1.51. The molecule has 120 valence electrons. The number of carbonyl (C=O) groups excluding carboxylic acids is 2. The van der Waals surface area contributed by atoms with Crippen LogP contribution in [0.5, 0.6) is 0 Å². The maximum absolute atomic E-state index is 12.4. The van der Waals surface area contributed by atoms with Gasteiger partial charge in [-0.05, 0) is 12.0 Å². The number of anilines is 1. The predicted molar refractivity (Wildman–Crippen MR) is 84.8 cm³/mol. The number of carbonyl (C=O) groups is 2. The summed E-state index contributed by atoms with van der Waals surface area (Å²) in [5.74, 6) is 0.547. The van der Waals surface area contributed by atoms with Crippen LogP contribution in [0.1, 0.15) is 30.8 Å². The molecular weight excluding hydrogens is 294 g/mol. The van der Waals surface area contributed by atoms with Gasteiger partial charge in [-0.1, -0.05) is 37.3 Å². The van der Waals surface area contributed by atoms with Crippen LogP contribution < -0.4 is 10.6 Å². The number of fused-ring (bicyclic) bond motifs is 1. The third kappa shape index (κ3) is 3.39. The van der Waals surface area contributed by atoms with E-state index in [1.807, 2.05) is 37.3 Å². The quantitative estimate of drug-likeness (QED) is 0.864. The molecule has 1 aromatic carbocycles. The van der Waals surface area contributed by atoms with E-state index in [9.17, 15) is 9.59 Å². The molecule has 1 aliphatic rings. The van der Waals surface area contributed by atoms with Crippen molar-refractivity contribution in [3.63, 3.8) is 0 Å². The first-order chi connectivity index (χ1) is 11.2. The minimum absolute atomic E-state index is 0.0800. The molecule has 1 atom stereocenters. The van der Waals surface area contributed by atoms with Gasteiger partial charge in [-0.25, -0.2) is 4.68 Å². The van der Waals surface area contributed by atoms with Gasteiger partial charge < -0.3 is 5.32 Å². The number of benzene rings is 1. The van der Waals surface area contributed by atoms with Gasteiger partial charge in [0.05, 0.1) is 6.42 Å². The number of hydrogen-bond acceptors (Lipinski definition) is 4. The molecule has 0 saturated heterocycles. The molecule has 1 unspecified atom stereocenters. The van der Waals surface area contributed by atoms with Crippen molar-refractivity contribution in [3.8, 4) is 0 Å². The molecule has 7 nitrogen and oxygen atoms in total. The zero-order valence-electron chi connectivity index (χ0n) is 13.0. The van der Waals surface area contributed by atoms with E-state index in [4.69, 9.17) is 0 Å². The highest BCUT2D eigenvalue weighted by Crippen LogP contribution is 2.22. The molecule has 0 saturated carbocycles. The molecule has 1 aromatic heterocycles. The van der Waals surface area contributed by atoms with Crippen molar-refractivity contribution in [2.24, 2.45) is 0 Å². The highest BCUT2D eigenvalue weighted by molar-refractivity contribution is 5.96. The van der Waals surface area contributed by atoms with E-state index in [1.165, 1.54) is 4.68 Å². The first kappa shape index (κ1) is 15.2. The molecule has 0 bridgehead atoms.